The molecule has 1 saturated heterocycles. The number of aliphatic carboxylic acids is 1. The van der Waals surface area contributed by atoms with Gasteiger partial charge in [-0.3, -0.25) is 4.79 Å². The average molecular weight is 289 g/mol. The highest BCUT2D eigenvalue weighted by Crippen LogP contribution is 2.18. The van der Waals surface area contributed by atoms with E-state index in [2.05, 4.69) is 10.6 Å². The maximum atomic E-state index is 12.0. The molecule has 2 amide bonds. The van der Waals surface area contributed by atoms with Crippen LogP contribution < -0.4 is 10.6 Å². The first-order valence-electron chi connectivity index (χ1n) is 6.70. The van der Waals surface area contributed by atoms with Crippen molar-refractivity contribution in [3.8, 4) is 0 Å². The van der Waals surface area contributed by atoms with Gasteiger partial charge in [0.05, 0.1) is 12.5 Å². The van der Waals surface area contributed by atoms with Gasteiger partial charge in [0.2, 0.25) is 0 Å². The molecule has 1 rings (SSSR count). The summed E-state index contributed by atoms with van der Waals surface area (Å²) in [4.78, 5) is 24.5. The van der Waals surface area contributed by atoms with Gasteiger partial charge >= 0.3 is 12.0 Å². The lowest BCUT2D eigenvalue weighted by Crippen LogP contribution is -2.51. The second-order valence-corrected chi connectivity index (χ2v) is 5.61. The number of thioether (sulfide) groups is 1. The van der Waals surface area contributed by atoms with Crippen molar-refractivity contribution in [2.75, 3.05) is 37.7 Å². The Balaban J connectivity index is 2.32. The Morgan fingerprint density at radius 1 is 1.42 bits per heavy atom. The molecular weight excluding hydrogens is 266 g/mol. The van der Waals surface area contributed by atoms with E-state index < -0.39 is 5.97 Å². The van der Waals surface area contributed by atoms with Crippen molar-refractivity contribution in [2.24, 2.45) is 0 Å². The second-order valence-electron chi connectivity index (χ2n) is 4.46. The van der Waals surface area contributed by atoms with Crippen LogP contribution in [0.4, 0.5) is 4.79 Å². The molecule has 1 aliphatic rings. The number of nitrogens with zero attached hydrogens (tertiary/aromatic N) is 1. The molecule has 0 spiro atoms. The van der Waals surface area contributed by atoms with Gasteiger partial charge in [0.15, 0.2) is 0 Å². The number of amides is 2. The third-order valence-corrected chi connectivity index (χ3v) is 4.05. The minimum Gasteiger partial charge on any atom is -0.481 e. The minimum atomic E-state index is -0.850. The van der Waals surface area contributed by atoms with Crippen molar-refractivity contribution in [1.29, 1.82) is 0 Å². The number of rotatable bonds is 7. The van der Waals surface area contributed by atoms with Gasteiger partial charge < -0.3 is 20.6 Å². The predicted molar refractivity (Wildman–Crippen MR) is 76.6 cm³/mol. The van der Waals surface area contributed by atoms with E-state index >= 15 is 0 Å². The standard InChI is InChI=1S/C12H23N3O3S/c1-2-13-4-3-5-14-12(18)15-6-7-19-9-10(15)8-11(16)17/h10,13H,2-9H2,1H3,(H,14,18)(H,16,17). The number of carbonyl (C=O) groups is 2. The van der Waals surface area contributed by atoms with E-state index in [1.165, 1.54) is 0 Å². The fraction of sp³-hybridized carbons (Fsp3) is 0.833. The molecule has 110 valence electrons. The van der Waals surface area contributed by atoms with E-state index in [0.717, 1.165) is 25.3 Å². The van der Waals surface area contributed by atoms with Gasteiger partial charge in [0, 0.05) is 24.6 Å². The summed E-state index contributed by atoms with van der Waals surface area (Å²) in [5.41, 5.74) is 0. The highest BCUT2D eigenvalue weighted by atomic mass is 32.2. The van der Waals surface area contributed by atoms with E-state index in [-0.39, 0.29) is 18.5 Å². The number of urea groups is 1. The Bertz CT molecular complexity index is 302. The van der Waals surface area contributed by atoms with Gasteiger partial charge in [-0.25, -0.2) is 4.79 Å². The molecule has 0 saturated carbocycles. The largest absolute Gasteiger partial charge is 0.481 e. The third-order valence-electron chi connectivity index (χ3n) is 2.96. The Hall–Kier alpha value is -0.950. The molecule has 0 aromatic rings. The number of hydrogen-bond donors (Lipinski definition) is 3. The molecule has 3 N–H and O–H groups in total. The highest BCUT2D eigenvalue weighted by molar-refractivity contribution is 7.99. The predicted octanol–water partition coefficient (Wildman–Crippen LogP) is 0.588. The van der Waals surface area contributed by atoms with Crippen LogP contribution in [0, 0.1) is 0 Å². The van der Waals surface area contributed by atoms with Gasteiger partial charge in [-0.1, -0.05) is 6.92 Å². The molecule has 0 aromatic carbocycles. The lowest BCUT2D eigenvalue weighted by atomic mass is 10.2. The number of carboxylic acid groups (broad SMARTS) is 1. The zero-order valence-corrected chi connectivity index (χ0v) is 12.2. The van der Waals surface area contributed by atoms with Crippen molar-refractivity contribution in [3.05, 3.63) is 0 Å². The van der Waals surface area contributed by atoms with Crippen molar-refractivity contribution < 1.29 is 14.7 Å². The molecular formula is C12H23N3O3S. The second kappa shape index (κ2) is 9.03. The molecule has 1 unspecified atom stereocenters. The molecule has 1 heterocycles. The summed E-state index contributed by atoms with van der Waals surface area (Å²) in [5.74, 6) is 0.732. The normalized spacial score (nSPS) is 19.2. The van der Waals surface area contributed by atoms with Gasteiger partial charge in [0.25, 0.3) is 0 Å². The van der Waals surface area contributed by atoms with E-state index in [4.69, 9.17) is 5.11 Å². The molecule has 0 bridgehead atoms. The maximum Gasteiger partial charge on any atom is 0.317 e. The first-order chi connectivity index (χ1) is 9.15. The van der Waals surface area contributed by atoms with Crippen LogP contribution >= 0.6 is 11.8 Å². The third kappa shape index (κ3) is 6.15. The summed E-state index contributed by atoms with van der Waals surface area (Å²) in [6, 6.07) is -0.326. The van der Waals surface area contributed by atoms with Crippen molar-refractivity contribution >= 4 is 23.8 Å². The van der Waals surface area contributed by atoms with Gasteiger partial charge in [0.1, 0.15) is 0 Å². The quantitative estimate of drug-likeness (QED) is 0.598. The van der Waals surface area contributed by atoms with E-state index in [1.807, 2.05) is 6.92 Å². The first-order valence-corrected chi connectivity index (χ1v) is 7.85. The Morgan fingerprint density at radius 3 is 2.89 bits per heavy atom. The van der Waals surface area contributed by atoms with Crippen LogP contribution in [0.3, 0.4) is 0 Å². The lowest BCUT2D eigenvalue weighted by molar-refractivity contribution is -0.137. The van der Waals surface area contributed by atoms with Crippen LogP contribution in [0.15, 0.2) is 0 Å². The minimum absolute atomic E-state index is 0.0256. The lowest BCUT2D eigenvalue weighted by Gasteiger charge is -2.34. The Kier molecular flexibility index (Phi) is 7.66. The summed E-state index contributed by atoms with van der Waals surface area (Å²) < 4.78 is 0. The fourth-order valence-corrected chi connectivity index (χ4v) is 3.04. The number of hydrogen-bond acceptors (Lipinski definition) is 4. The molecule has 6 nitrogen and oxygen atoms in total. The van der Waals surface area contributed by atoms with Gasteiger partial charge in [-0.15, -0.1) is 0 Å². The smallest absolute Gasteiger partial charge is 0.317 e. The number of nitrogens with one attached hydrogen (secondary N) is 2. The molecule has 19 heavy (non-hydrogen) atoms. The zero-order chi connectivity index (χ0) is 14.1. The summed E-state index contributed by atoms with van der Waals surface area (Å²) in [5, 5.41) is 14.9. The van der Waals surface area contributed by atoms with E-state index in [9.17, 15) is 9.59 Å². The summed E-state index contributed by atoms with van der Waals surface area (Å²) in [7, 11) is 0. The molecule has 1 aliphatic heterocycles. The molecule has 0 aliphatic carbocycles. The molecule has 7 heteroatoms. The van der Waals surface area contributed by atoms with E-state index in [0.29, 0.717) is 18.8 Å². The van der Waals surface area contributed by atoms with Crippen LogP contribution in [0.25, 0.3) is 0 Å². The maximum absolute atomic E-state index is 12.0. The zero-order valence-electron chi connectivity index (χ0n) is 11.4. The first kappa shape index (κ1) is 16.1. The van der Waals surface area contributed by atoms with Crippen LogP contribution in [0.5, 0.6) is 0 Å². The summed E-state index contributed by atoms with van der Waals surface area (Å²) >= 11 is 1.71. The number of carbonyl (C=O) groups excluding carboxylic acids is 1. The molecule has 0 aromatic heterocycles. The number of carboxylic acids is 1. The summed E-state index contributed by atoms with van der Waals surface area (Å²) in [6.45, 7) is 5.10. The SMILES string of the molecule is CCNCCCNC(=O)N1CCSCC1CC(=O)O. The average Bonchev–Trinajstić information content (AvgIpc) is 2.38. The molecule has 0 radical (unpaired) electrons. The Labute approximate surface area is 118 Å². The van der Waals surface area contributed by atoms with Crippen LogP contribution in [0.2, 0.25) is 0 Å². The fourth-order valence-electron chi connectivity index (χ4n) is 1.98. The van der Waals surface area contributed by atoms with Gasteiger partial charge in [-0.05, 0) is 19.5 Å². The summed E-state index contributed by atoms with van der Waals surface area (Å²) in [6.07, 6.45) is 0.906. The Morgan fingerprint density at radius 2 is 2.21 bits per heavy atom. The van der Waals surface area contributed by atoms with Crippen molar-refractivity contribution in [1.82, 2.24) is 15.5 Å². The molecule has 1 fully saturated rings. The van der Waals surface area contributed by atoms with Crippen molar-refractivity contribution in [3.63, 3.8) is 0 Å². The van der Waals surface area contributed by atoms with E-state index in [1.54, 1.807) is 16.7 Å². The van der Waals surface area contributed by atoms with Crippen LogP contribution in [-0.4, -0.2) is 65.7 Å². The highest BCUT2D eigenvalue weighted by Gasteiger charge is 2.28. The molecule has 1 atom stereocenters. The topological polar surface area (TPSA) is 81.7 Å². The van der Waals surface area contributed by atoms with Gasteiger partial charge in [-0.2, -0.15) is 11.8 Å². The van der Waals surface area contributed by atoms with Crippen LogP contribution in [-0.2, 0) is 4.79 Å². The monoisotopic (exact) mass is 289 g/mol. The van der Waals surface area contributed by atoms with Crippen LogP contribution in [0.1, 0.15) is 19.8 Å². The van der Waals surface area contributed by atoms with Crippen molar-refractivity contribution in [2.45, 2.75) is 25.8 Å².